The molecule has 0 saturated carbocycles. The van der Waals surface area contributed by atoms with Crippen molar-refractivity contribution in [1.29, 1.82) is 0 Å². The summed E-state index contributed by atoms with van der Waals surface area (Å²) in [6.07, 6.45) is 0. The zero-order valence-electron chi connectivity index (χ0n) is 15.6. The van der Waals surface area contributed by atoms with Gasteiger partial charge in [-0.1, -0.05) is 35.3 Å². The topological polar surface area (TPSA) is 49.4 Å². The van der Waals surface area contributed by atoms with E-state index in [-0.39, 0.29) is 5.70 Å². The van der Waals surface area contributed by atoms with Gasteiger partial charge in [-0.15, -0.1) is 11.3 Å². The minimum Gasteiger partial charge on any atom is -0.350 e. The maximum atomic E-state index is 13.3. The molecule has 7 heteroatoms. The molecule has 29 heavy (non-hydrogen) atoms. The Morgan fingerprint density at radius 1 is 0.897 bits per heavy atom. The van der Waals surface area contributed by atoms with Crippen LogP contribution in [0.2, 0.25) is 10.0 Å². The van der Waals surface area contributed by atoms with Gasteiger partial charge in [0, 0.05) is 20.6 Å². The largest absolute Gasteiger partial charge is 0.350 e. The predicted octanol–water partition coefficient (Wildman–Crippen LogP) is 6.07. The average Bonchev–Trinajstić information content (AvgIpc) is 3.20. The number of carbonyl (C=O) groups is 2. The Hall–Kier alpha value is -2.60. The molecule has 0 aliphatic carbocycles. The SMILES string of the molecule is Cc1cc(C)cc(NC2=C(c3cccs3)C(=O)N(c3cc(Cl)cc(Cl)c3)C2=O)c1. The van der Waals surface area contributed by atoms with Crippen LogP contribution >= 0.6 is 34.5 Å². The Morgan fingerprint density at radius 3 is 2.14 bits per heavy atom. The summed E-state index contributed by atoms with van der Waals surface area (Å²) in [5.74, 6) is -0.862. The van der Waals surface area contributed by atoms with Gasteiger partial charge in [-0.05, 0) is 66.8 Å². The van der Waals surface area contributed by atoms with Crippen molar-refractivity contribution < 1.29 is 9.59 Å². The fraction of sp³-hybridized carbons (Fsp3) is 0.0909. The van der Waals surface area contributed by atoms with Crippen molar-refractivity contribution in [2.45, 2.75) is 13.8 Å². The lowest BCUT2D eigenvalue weighted by Gasteiger charge is -2.16. The number of amides is 2. The highest BCUT2D eigenvalue weighted by atomic mass is 35.5. The van der Waals surface area contributed by atoms with Crippen LogP contribution in [0.5, 0.6) is 0 Å². The molecule has 1 aromatic heterocycles. The summed E-state index contributed by atoms with van der Waals surface area (Å²) in [6.45, 7) is 3.96. The molecular weight excluding hydrogens is 427 g/mol. The van der Waals surface area contributed by atoms with Crippen LogP contribution in [0.4, 0.5) is 11.4 Å². The molecule has 2 heterocycles. The Bertz CT molecular complexity index is 1130. The minimum absolute atomic E-state index is 0.235. The Labute approximate surface area is 182 Å². The number of carbonyl (C=O) groups excluding carboxylic acids is 2. The number of hydrogen-bond donors (Lipinski definition) is 1. The second kappa shape index (κ2) is 7.67. The molecule has 4 rings (SSSR count). The van der Waals surface area contributed by atoms with Gasteiger partial charge >= 0.3 is 0 Å². The summed E-state index contributed by atoms with van der Waals surface area (Å²) in [5, 5.41) is 5.74. The third kappa shape index (κ3) is 3.81. The number of hydrogen-bond acceptors (Lipinski definition) is 4. The molecule has 4 nitrogen and oxygen atoms in total. The Kier molecular flexibility index (Phi) is 5.21. The maximum Gasteiger partial charge on any atom is 0.282 e. The summed E-state index contributed by atoms with van der Waals surface area (Å²) < 4.78 is 0. The standard InChI is InChI=1S/C22H16Cl2N2O2S/c1-12-6-13(2)8-16(7-12)25-20-19(18-4-3-5-29-18)21(27)26(22(20)28)17-10-14(23)9-15(24)11-17/h3-11,25H,1-2H3. The van der Waals surface area contributed by atoms with Crippen LogP contribution in [0.15, 0.2) is 59.6 Å². The molecule has 2 amide bonds. The number of thiophene rings is 1. The monoisotopic (exact) mass is 442 g/mol. The molecule has 0 bridgehead atoms. The Morgan fingerprint density at radius 2 is 1.55 bits per heavy atom. The number of halogens is 2. The molecule has 0 atom stereocenters. The van der Waals surface area contributed by atoms with E-state index in [4.69, 9.17) is 23.2 Å². The van der Waals surface area contributed by atoms with Crippen LogP contribution in [-0.2, 0) is 9.59 Å². The van der Waals surface area contributed by atoms with E-state index in [0.717, 1.165) is 21.7 Å². The van der Waals surface area contributed by atoms with Crippen LogP contribution in [0.1, 0.15) is 16.0 Å². The van der Waals surface area contributed by atoms with E-state index >= 15 is 0 Å². The second-order valence-electron chi connectivity index (χ2n) is 6.80. The van der Waals surface area contributed by atoms with E-state index in [9.17, 15) is 9.59 Å². The van der Waals surface area contributed by atoms with Gasteiger partial charge in [-0.3, -0.25) is 9.59 Å². The second-order valence-corrected chi connectivity index (χ2v) is 8.62. The van der Waals surface area contributed by atoms with Gasteiger partial charge in [0.25, 0.3) is 11.8 Å². The number of rotatable bonds is 4. The highest BCUT2D eigenvalue weighted by molar-refractivity contribution is 7.11. The molecule has 0 saturated heterocycles. The van der Waals surface area contributed by atoms with E-state index in [1.54, 1.807) is 18.2 Å². The van der Waals surface area contributed by atoms with Crippen LogP contribution < -0.4 is 10.2 Å². The van der Waals surface area contributed by atoms with Gasteiger partial charge in [-0.2, -0.15) is 0 Å². The molecule has 0 radical (unpaired) electrons. The molecule has 1 aliphatic heterocycles. The number of nitrogens with one attached hydrogen (secondary N) is 1. The number of anilines is 2. The normalized spacial score (nSPS) is 14.1. The first-order valence-corrected chi connectivity index (χ1v) is 10.5. The summed E-state index contributed by atoms with van der Waals surface area (Å²) in [7, 11) is 0. The van der Waals surface area contributed by atoms with E-state index in [1.165, 1.54) is 11.3 Å². The van der Waals surface area contributed by atoms with E-state index < -0.39 is 11.8 Å². The third-order valence-corrected chi connectivity index (χ3v) is 5.77. The summed E-state index contributed by atoms with van der Waals surface area (Å²) in [4.78, 5) is 28.4. The lowest BCUT2D eigenvalue weighted by molar-refractivity contribution is -0.120. The van der Waals surface area contributed by atoms with Crippen molar-refractivity contribution in [1.82, 2.24) is 0 Å². The molecular formula is C22H16Cl2N2O2S. The Balaban J connectivity index is 1.82. The van der Waals surface area contributed by atoms with Gasteiger partial charge in [0.2, 0.25) is 0 Å². The van der Waals surface area contributed by atoms with E-state index in [2.05, 4.69) is 5.32 Å². The lowest BCUT2D eigenvalue weighted by Crippen LogP contribution is -2.32. The molecule has 1 N–H and O–H groups in total. The molecule has 2 aromatic carbocycles. The van der Waals surface area contributed by atoms with Crippen molar-refractivity contribution in [3.05, 3.63) is 85.7 Å². The van der Waals surface area contributed by atoms with E-state index in [1.807, 2.05) is 49.6 Å². The fourth-order valence-corrected chi connectivity index (χ4v) is 4.67. The summed E-state index contributed by atoms with van der Waals surface area (Å²) >= 11 is 13.6. The minimum atomic E-state index is -0.448. The summed E-state index contributed by atoms with van der Waals surface area (Å²) in [5.41, 5.74) is 3.77. The lowest BCUT2D eigenvalue weighted by atomic mass is 10.1. The maximum absolute atomic E-state index is 13.3. The van der Waals surface area contributed by atoms with Gasteiger partial charge < -0.3 is 5.32 Å². The third-order valence-electron chi connectivity index (χ3n) is 4.45. The van der Waals surface area contributed by atoms with Crippen LogP contribution in [0, 0.1) is 13.8 Å². The van der Waals surface area contributed by atoms with Gasteiger partial charge in [0.05, 0.1) is 11.3 Å². The van der Waals surface area contributed by atoms with Gasteiger partial charge in [0.1, 0.15) is 5.70 Å². The number of aryl methyl sites for hydroxylation is 2. The van der Waals surface area contributed by atoms with Crippen molar-refractivity contribution in [2.24, 2.45) is 0 Å². The number of nitrogens with zero attached hydrogens (tertiary/aromatic N) is 1. The van der Waals surface area contributed by atoms with Crippen molar-refractivity contribution >= 4 is 63.3 Å². The highest BCUT2D eigenvalue weighted by Gasteiger charge is 2.41. The molecule has 0 unspecified atom stereocenters. The highest BCUT2D eigenvalue weighted by Crippen LogP contribution is 2.37. The quantitative estimate of drug-likeness (QED) is 0.498. The molecule has 3 aromatic rings. The first-order chi connectivity index (χ1) is 13.8. The van der Waals surface area contributed by atoms with Crippen molar-refractivity contribution in [2.75, 3.05) is 10.2 Å². The summed E-state index contributed by atoms with van der Waals surface area (Å²) in [6, 6.07) is 14.2. The molecule has 0 spiro atoms. The fourth-order valence-electron chi connectivity index (χ4n) is 3.39. The van der Waals surface area contributed by atoms with Crippen molar-refractivity contribution in [3.8, 4) is 0 Å². The molecule has 1 aliphatic rings. The predicted molar refractivity (Wildman–Crippen MR) is 120 cm³/mol. The number of benzene rings is 2. The average molecular weight is 443 g/mol. The first kappa shape index (κ1) is 19.7. The molecule has 146 valence electrons. The first-order valence-electron chi connectivity index (χ1n) is 8.82. The zero-order chi connectivity index (χ0) is 20.7. The zero-order valence-corrected chi connectivity index (χ0v) is 18.0. The number of imide groups is 1. The van der Waals surface area contributed by atoms with Crippen LogP contribution in [0.3, 0.4) is 0 Å². The van der Waals surface area contributed by atoms with Gasteiger partial charge in [0.15, 0.2) is 0 Å². The van der Waals surface area contributed by atoms with Gasteiger partial charge in [-0.25, -0.2) is 4.90 Å². The van der Waals surface area contributed by atoms with Crippen LogP contribution in [-0.4, -0.2) is 11.8 Å². The molecule has 0 fully saturated rings. The smallest absolute Gasteiger partial charge is 0.282 e. The van der Waals surface area contributed by atoms with Crippen molar-refractivity contribution in [3.63, 3.8) is 0 Å². The van der Waals surface area contributed by atoms with Crippen LogP contribution in [0.25, 0.3) is 5.57 Å². The van der Waals surface area contributed by atoms with E-state index in [0.29, 0.717) is 26.2 Å².